The van der Waals surface area contributed by atoms with Crippen LogP contribution in [0.25, 0.3) is 0 Å². The Morgan fingerprint density at radius 2 is 2.10 bits per heavy atom. The van der Waals surface area contributed by atoms with Crippen molar-refractivity contribution in [1.82, 2.24) is 0 Å². The first-order valence-corrected chi connectivity index (χ1v) is 3.98. The summed E-state index contributed by atoms with van der Waals surface area (Å²) in [5, 5.41) is 9.43. The number of rotatable bonds is 5. The molecule has 0 spiro atoms. The van der Waals surface area contributed by atoms with Gasteiger partial charge in [-0.2, -0.15) is 0 Å². The van der Waals surface area contributed by atoms with Crippen LogP contribution in [-0.4, -0.2) is 10.7 Å². The van der Waals surface area contributed by atoms with Crippen molar-refractivity contribution in [2.75, 3.05) is 0 Å². The number of aliphatic hydroxyl groups is 1. The van der Waals surface area contributed by atoms with Crippen LogP contribution >= 0.6 is 0 Å². The molecule has 0 rings (SSSR count). The average molecular weight is 142 g/mol. The summed E-state index contributed by atoms with van der Waals surface area (Å²) >= 11 is 0. The molecule has 1 N–H and O–H groups in total. The van der Waals surface area contributed by atoms with Crippen molar-refractivity contribution in [2.24, 2.45) is 0 Å². The highest BCUT2D eigenvalue weighted by molar-refractivity contribution is 4.90. The second-order valence-corrected chi connectivity index (χ2v) is 3.02. The summed E-state index contributed by atoms with van der Waals surface area (Å²) in [6.45, 7) is 7.52. The third-order valence-corrected chi connectivity index (χ3v) is 1.73. The zero-order valence-electron chi connectivity index (χ0n) is 7.06. The fourth-order valence-corrected chi connectivity index (χ4v) is 0.835. The highest BCUT2D eigenvalue weighted by Gasteiger charge is 2.13. The minimum absolute atomic E-state index is 0.644. The monoisotopic (exact) mass is 142 g/mol. The van der Waals surface area contributed by atoms with Gasteiger partial charge >= 0.3 is 0 Å². The Hall–Kier alpha value is -0.300. The quantitative estimate of drug-likeness (QED) is 0.462. The van der Waals surface area contributed by atoms with Crippen molar-refractivity contribution in [3.05, 3.63) is 12.7 Å². The molecule has 10 heavy (non-hydrogen) atoms. The molecule has 0 saturated heterocycles. The van der Waals surface area contributed by atoms with Gasteiger partial charge in [-0.25, -0.2) is 0 Å². The van der Waals surface area contributed by atoms with Crippen molar-refractivity contribution in [2.45, 2.75) is 45.1 Å². The molecule has 0 unspecified atom stereocenters. The normalized spacial score (nSPS) is 16.3. The van der Waals surface area contributed by atoms with E-state index < -0.39 is 5.60 Å². The highest BCUT2D eigenvalue weighted by atomic mass is 16.3. The van der Waals surface area contributed by atoms with Crippen LogP contribution in [-0.2, 0) is 0 Å². The lowest BCUT2D eigenvalue weighted by Crippen LogP contribution is -2.19. The molecule has 0 amide bonds. The Labute approximate surface area is 63.8 Å². The van der Waals surface area contributed by atoms with E-state index in [2.05, 4.69) is 13.5 Å². The third-order valence-electron chi connectivity index (χ3n) is 1.73. The highest BCUT2D eigenvalue weighted by Crippen LogP contribution is 2.14. The van der Waals surface area contributed by atoms with Gasteiger partial charge in [-0.3, -0.25) is 0 Å². The van der Waals surface area contributed by atoms with Crippen LogP contribution in [0.5, 0.6) is 0 Å². The SMILES string of the molecule is C=C[C@@](C)(O)CCCCC. The Morgan fingerprint density at radius 1 is 1.50 bits per heavy atom. The van der Waals surface area contributed by atoms with Gasteiger partial charge in [0.25, 0.3) is 0 Å². The molecule has 0 aromatic heterocycles. The average Bonchev–Trinajstić information content (AvgIpc) is 1.89. The van der Waals surface area contributed by atoms with Gasteiger partial charge < -0.3 is 5.11 Å². The van der Waals surface area contributed by atoms with Crippen LogP contribution in [0, 0.1) is 0 Å². The first kappa shape index (κ1) is 9.70. The van der Waals surface area contributed by atoms with Crippen LogP contribution in [0.3, 0.4) is 0 Å². The standard InChI is InChI=1S/C9H18O/c1-4-6-7-8-9(3,10)5-2/h5,10H,2,4,6-8H2,1,3H3/t9-/m1/s1. The molecule has 0 aromatic carbocycles. The van der Waals surface area contributed by atoms with Gasteiger partial charge in [0.15, 0.2) is 0 Å². The van der Waals surface area contributed by atoms with Gasteiger partial charge in [0.2, 0.25) is 0 Å². The molecule has 0 saturated carbocycles. The Bertz CT molecular complexity index is 94.9. The molecule has 1 atom stereocenters. The summed E-state index contributed by atoms with van der Waals surface area (Å²) in [5.41, 5.74) is -0.644. The van der Waals surface area contributed by atoms with E-state index in [4.69, 9.17) is 0 Å². The Balaban J connectivity index is 3.37. The fourth-order valence-electron chi connectivity index (χ4n) is 0.835. The summed E-state index contributed by atoms with van der Waals surface area (Å²) in [4.78, 5) is 0. The van der Waals surface area contributed by atoms with Gasteiger partial charge in [-0.05, 0) is 13.3 Å². The molecule has 0 aliphatic carbocycles. The van der Waals surface area contributed by atoms with Gasteiger partial charge in [0.1, 0.15) is 0 Å². The molecular weight excluding hydrogens is 124 g/mol. The fraction of sp³-hybridized carbons (Fsp3) is 0.778. The number of unbranched alkanes of at least 4 members (excludes halogenated alkanes) is 2. The summed E-state index contributed by atoms with van der Waals surface area (Å²) in [6.07, 6.45) is 5.94. The third kappa shape index (κ3) is 4.57. The molecule has 0 fully saturated rings. The maximum absolute atomic E-state index is 9.43. The summed E-state index contributed by atoms with van der Waals surface area (Å²) < 4.78 is 0. The van der Waals surface area contributed by atoms with E-state index in [1.807, 2.05) is 0 Å². The minimum Gasteiger partial charge on any atom is -0.386 e. The number of hydrogen-bond acceptors (Lipinski definition) is 1. The topological polar surface area (TPSA) is 20.2 Å². The lowest BCUT2D eigenvalue weighted by atomic mass is 9.99. The summed E-state index contributed by atoms with van der Waals surface area (Å²) in [7, 11) is 0. The maximum atomic E-state index is 9.43. The molecule has 1 nitrogen and oxygen atoms in total. The summed E-state index contributed by atoms with van der Waals surface area (Å²) in [5.74, 6) is 0. The van der Waals surface area contributed by atoms with E-state index in [9.17, 15) is 5.11 Å². The Morgan fingerprint density at radius 3 is 2.50 bits per heavy atom. The second kappa shape index (κ2) is 4.51. The largest absolute Gasteiger partial charge is 0.386 e. The molecule has 0 aliphatic heterocycles. The molecule has 0 bridgehead atoms. The number of hydrogen-bond donors (Lipinski definition) is 1. The smallest absolute Gasteiger partial charge is 0.0797 e. The minimum atomic E-state index is -0.644. The van der Waals surface area contributed by atoms with Crippen molar-refractivity contribution < 1.29 is 5.11 Å². The first-order chi connectivity index (χ1) is 4.62. The molecule has 0 radical (unpaired) electrons. The van der Waals surface area contributed by atoms with E-state index in [1.54, 1.807) is 13.0 Å². The van der Waals surface area contributed by atoms with Crippen LogP contribution in [0.15, 0.2) is 12.7 Å². The van der Waals surface area contributed by atoms with E-state index in [0.29, 0.717) is 0 Å². The van der Waals surface area contributed by atoms with Gasteiger partial charge in [0, 0.05) is 0 Å². The molecule has 0 heterocycles. The van der Waals surface area contributed by atoms with Gasteiger partial charge in [0.05, 0.1) is 5.60 Å². The van der Waals surface area contributed by atoms with Crippen LogP contribution in [0.1, 0.15) is 39.5 Å². The maximum Gasteiger partial charge on any atom is 0.0797 e. The van der Waals surface area contributed by atoms with E-state index >= 15 is 0 Å². The van der Waals surface area contributed by atoms with Crippen molar-refractivity contribution in [1.29, 1.82) is 0 Å². The molecule has 1 heteroatoms. The van der Waals surface area contributed by atoms with Gasteiger partial charge in [-0.15, -0.1) is 6.58 Å². The zero-order chi connectivity index (χ0) is 8.04. The Kier molecular flexibility index (Phi) is 4.37. The van der Waals surface area contributed by atoms with Gasteiger partial charge in [-0.1, -0.05) is 32.3 Å². The van der Waals surface area contributed by atoms with Crippen LogP contribution in [0.2, 0.25) is 0 Å². The van der Waals surface area contributed by atoms with E-state index in [0.717, 1.165) is 12.8 Å². The second-order valence-electron chi connectivity index (χ2n) is 3.02. The predicted octanol–water partition coefficient (Wildman–Crippen LogP) is 2.50. The zero-order valence-corrected chi connectivity index (χ0v) is 7.06. The van der Waals surface area contributed by atoms with Crippen LogP contribution in [0.4, 0.5) is 0 Å². The van der Waals surface area contributed by atoms with Crippen molar-refractivity contribution in [3.63, 3.8) is 0 Å². The van der Waals surface area contributed by atoms with E-state index in [1.165, 1.54) is 12.8 Å². The van der Waals surface area contributed by atoms with Crippen LogP contribution < -0.4 is 0 Å². The lowest BCUT2D eigenvalue weighted by molar-refractivity contribution is 0.0990. The predicted molar refractivity (Wildman–Crippen MR) is 45.0 cm³/mol. The van der Waals surface area contributed by atoms with E-state index in [-0.39, 0.29) is 0 Å². The molecule has 0 aliphatic rings. The molecule has 60 valence electrons. The van der Waals surface area contributed by atoms with Crippen molar-refractivity contribution >= 4 is 0 Å². The molecule has 0 aromatic rings. The lowest BCUT2D eigenvalue weighted by Gasteiger charge is -2.17. The summed E-state index contributed by atoms with van der Waals surface area (Å²) in [6, 6.07) is 0. The first-order valence-electron chi connectivity index (χ1n) is 3.98. The van der Waals surface area contributed by atoms with Crippen molar-refractivity contribution in [3.8, 4) is 0 Å². The molecular formula is C9H18O.